The van der Waals surface area contributed by atoms with E-state index in [1.165, 1.54) is 0 Å². The maximum absolute atomic E-state index is 11.5. The molecule has 5 heteroatoms. The SMILES string of the molecule is Cc1ccccc1NS(=O)(=O)CCCCl. The molecule has 0 aliphatic rings. The second-order valence-electron chi connectivity index (χ2n) is 3.28. The van der Waals surface area contributed by atoms with Gasteiger partial charge in [0.2, 0.25) is 10.0 Å². The van der Waals surface area contributed by atoms with Gasteiger partial charge in [0.25, 0.3) is 0 Å². The summed E-state index contributed by atoms with van der Waals surface area (Å²) < 4.78 is 25.6. The van der Waals surface area contributed by atoms with Crippen molar-refractivity contribution in [2.75, 3.05) is 16.4 Å². The standard InChI is InChI=1S/C10H14ClNO2S/c1-9-5-2-3-6-10(9)12-15(13,14)8-4-7-11/h2-3,5-6,12H,4,7-8H2,1H3. The number of para-hydroxylation sites is 1. The van der Waals surface area contributed by atoms with Crippen LogP contribution in [-0.4, -0.2) is 20.1 Å². The molecular formula is C10H14ClNO2S. The molecule has 0 saturated heterocycles. The number of hydrogen-bond donors (Lipinski definition) is 1. The first-order chi connectivity index (χ1) is 7.05. The molecule has 0 heterocycles. The van der Waals surface area contributed by atoms with Gasteiger partial charge >= 0.3 is 0 Å². The fourth-order valence-electron chi connectivity index (χ4n) is 1.15. The van der Waals surface area contributed by atoms with Crippen LogP contribution in [0, 0.1) is 6.92 Å². The summed E-state index contributed by atoms with van der Waals surface area (Å²) in [6, 6.07) is 7.27. The Labute approximate surface area is 95.5 Å². The molecule has 0 amide bonds. The van der Waals surface area contributed by atoms with E-state index in [0.29, 0.717) is 18.0 Å². The van der Waals surface area contributed by atoms with Gasteiger partial charge in [-0.05, 0) is 25.0 Å². The largest absolute Gasteiger partial charge is 0.283 e. The summed E-state index contributed by atoms with van der Waals surface area (Å²) >= 11 is 5.45. The van der Waals surface area contributed by atoms with Crippen molar-refractivity contribution in [1.82, 2.24) is 0 Å². The monoisotopic (exact) mass is 247 g/mol. The summed E-state index contributed by atoms with van der Waals surface area (Å²) in [6.07, 6.45) is 0.461. The first-order valence-corrected chi connectivity index (χ1v) is 6.86. The van der Waals surface area contributed by atoms with Gasteiger partial charge in [0.15, 0.2) is 0 Å². The number of benzene rings is 1. The summed E-state index contributed by atoms with van der Waals surface area (Å²) in [6.45, 7) is 1.86. The van der Waals surface area contributed by atoms with E-state index in [4.69, 9.17) is 11.6 Å². The van der Waals surface area contributed by atoms with Crippen LogP contribution in [0.15, 0.2) is 24.3 Å². The molecule has 0 saturated carbocycles. The van der Waals surface area contributed by atoms with Crippen LogP contribution in [0.1, 0.15) is 12.0 Å². The van der Waals surface area contributed by atoms with Crippen LogP contribution < -0.4 is 4.72 Å². The van der Waals surface area contributed by atoms with Gasteiger partial charge in [-0.1, -0.05) is 18.2 Å². The Bertz CT molecular complexity index is 417. The first kappa shape index (κ1) is 12.3. The van der Waals surface area contributed by atoms with Crippen molar-refractivity contribution in [3.8, 4) is 0 Å². The fourth-order valence-corrected chi connectivity index (χ4v) is 2.63. The van der Waals surface area contributed by atoms with Crippen LogP contribution in [0.25, 0.3) is 0 Å². The average molecular weight is 248 g/mol. The van der Waals surface area contributed by atoms with E-state index in [1.54, 1.807) is 12.1 Å². The third-order valence-corrected chi connectivity index (χ3v) is 3.58. The molecule has 15 heavy (non-hydrogen) atoms. The molecular weight excluding hydrogens is 234 g/mol. The smallest absolute Gasteiger partial charge is 0.232 e. The number of sulfonamides is 1. The third-order valence-electron chi connectivity index (χ3n) is 1.96. The number of alkyl halides is 1. The lowest BCUT2D eigenvalue weighted by molar-refractivity contribution is 0.600. The average Bonchev–Trinajstić information content (AvgIpc) is 2.18. The Morgan fingerprint density at radius 2 is 2.00 bits per heavy atom. The normalized spacial score (nSPS) is 11.3. The lowest BCUT2D eigenvalue weighted by atomic mass is 10.2. The highest BCUT2D eigenvalue weighted by atomic mass is 35.5. The van der Waals surface area contributed by atoms with E-state index < -0.39 is 10.0 Å². The molecule has 1 aromatic carbocycles. The van der Waals surface area contributed by atoms with Crippen molar-refractivity contribution in [1.29, 1.82) is 0 Å². The molecule has 0 aliphatic heterocycles. The lowest BCUT2D eigenvalue weighted by Crippen LogP contribution is -2.17. The Morgan fingerprint density at radius 3 is 2.60 bits per heavy atom. The number of rotatable bonds is 5. The maximum atomic E-state index is 11.5. The molecule has 0 radical (unpaired) electrons. The van der Waals surface area contributed by atoms with E-state index in [0.717, 1.165) is 5.56 Å². The Balaban J connectivity index is 2.74. The van der Waals surface area contributed by atoms with Crippen LogP contribution in [0.4, 0.5) is 5.69 Å². The van der Waals surface area contributed by atoms with Gasteiger partial charge in [0, 0.05) is 5.88 Å². The molecule has 0 fully saturated rings. The zero-order valence-electron chi connectivity index (χ0n) is 8.53. The van der Waals surface area contributed by atoms with Crippen LogP contribution in [0.3, 0.4) is 0 Å². The highest BCUT2D eigenvalue weighted by Gasteiger charge is 2.10. The van der Waals surface area contributed by atoms with Crippen molar-refractivity contribution in [3.05, 3.63) is 29.8 Å². The molecule has 1 aromatic rings. The minimum Gasteiger partial charge on any atom is -0.283 e. The molecule has 0 aliphatic carbocycles. The molecule has 0 bridgehead atoms. The molecule has 3 nitrogen and oxygen atoms in total. The quantitative estimate of drug-likeness (QED) is 0.812. The van der Waals surface area contributed by atoms with Crippen molar-refractivity contribution < 1.29 is 8.42 Å². The van der Waals surface area contributed by atoms with Crippen LogP contribution >= 0.6 is 11.6 Å². The van der Waals surface area contributed by atoms with E-state index in [2.05, 4.69) is 4.72 Å². The van der Waals surface area contributed by atoms with Crippen molar-refractivity contribution in [3.63, 3.8) is 0 Å². The predicted molar refractivity (Wildman–Crippen MR) is 63.9 cm³/mol. The Morgan fingerprint density at radius 1 is 1.33 bits per heavy atom. The van der Waals surface area contributed by atoms with Gasteiger partial charge in [-0.15, -0.1) is 11.6 Å². The number of anilines is 1. The summed E-state index contributed by atoms with van der Waals surface area (Å²) in [5.41, 5.74) is 1.54. The lowest BCUT2D eigenvalue weighted by Gasteiger charge is -2.09. The fraction of sp³-hybridized carbons (Fsp3) is 0.400. The van der Waals surface area contributed by atoms with Crippen molar-refractivity contribution >= 4 is 27.3 Å². The number of hydrogen-bond acceptors (Lipinski definition) is 2. The number of aryl methyl sites for hydroxylation is 1. The van der Waals surface area contributed by atoms with E-state index in [-0.39, 0.29) is 5.75 Å². The zero-order valence-corrected chi connectivity index (χ0v) is 10.1. The molecule has 0 aromatic heterocycles. The minimum atomic E-state index is -3.25. The molecule has 1 rings (SSSR count). The minimum absolute atomic E-state index is 0.0604. The Kier molecular flexibility index (Phi) is 4.42. The second kappa shape index (κ2) is 5.37. The molecule has 0 unspecified atom stereocenters. The highest BCUT2D eigenvalue weighted by Crippen LogP contribution is 2.15. The van der Waals surface area contributed by atoms with E-state index in [9.17, 15) is 8.42 Å². The van der Waals surface area contributed by atoms with E-state index in [1.807, 2.05) is 19.1 Å². The van der Waals surface area contributed by atoms with Crippen LogP contribution in [0.5, 0.6) is 0 Å². The molecule has 0 spiro atoms. The summed E-state index contributed by atoms with van der Waals surface area (Å²) in [5, 5.41) is 0. The number of nitrogens with one attached hydrogen (secondary N) is 1. The summed E-state index contributed by atoms with van der Waals surface area (Å²) in [4.78, 5) is 0. The highest BCUT2D eigenvalue weighted by molar-refractivity contribution is 7.92. The van der Waals surface area contributed by atoms with Gasteiger partial charge in [-0.2, -0.15) is 0 Å². The van der Waals surface area contributed by atoms with Gasteiger partial charge in [-0.3, -0.25) is 4.72 Å². The number of halogens is 1. The van der Waals surface area contributed by atoms with Gasteiger partial charge in [0.05, 0.1) is 11.4 Å². The zero-order chi connectivity index (χ0) is 11.3. The van der Waals surface area contributed by atoms with Gasteiger partial charge < -0.3 is 0 Å². The molecule has 1 N–H and O–H groups in total. The van der Waals surface area contributed by atoms with Gasteiger partial charge in [-0.25, -0.2) is 8.42 Å². The maximum Gasteiger partial charge on any atom is 0.232 e. The van der Waals surface area contributed by atoms with E-state index >= 15 is 0 Å². The summed E-state index contributed by atoms with van der Waals surface area (Å²) in [7, 11) is -3.25. The first-order valence-electron chi connectivity index (χ1n) is 4.67. The molecule has 0 atom stereocenters. The predicted octanol–water partition coefficient (Wildman–Crippen LogP) is 2.37. The topological polar surface area (TPSA) is 46.2 Å². The Hall–Kier alpha value is -0.740. The van der Waals surface area contributed by atoms with Crippen LogP contribution in [0.2, 0.25) is 0 Å². The third kappa shape index (κ3) is 4.10. The van der Waals surface area contributed by atoms with Crippen molar-refractivity contribution in [2.24, 2.45) is 0 Å². The van der Waals surface area contributed by atoms with Crippen molar-refractivity contribution in [2.45, 2.75) is 13.3 Å². The van der Waals surface area contributed by atoms with Gasteiger partial charge in [0.1, 0.15) is 0 Å². The summed E-state index contributed by atoms with van der Waals surface area (Å²) in [5.74, 6) is 0.416. The van der Waals surface area contributed by atoms with Crippen LogP contribution in [-0.2, 0) is 10.0 Å². The second-order valence-corrected chi connectivity index (χ2v) is 5.50. The molecule has 84 valence electrons.